The van der Waals surface area contributed by atoms with Crippen molar-refractivity contribution in [3.05, 3.63) is 53.1 Å². The second-order valence-corrected chi connectivity index (χ2v) is 10.5. The molecule has 11 heteroatoms. The summed E-state index contributed by atoms with van der Waals surface area (Å²) < 4.78 is 36.9. The van der Waals surface area contributed by atoms with E-state index in [1.165, 1.54) is 16.3 Å². The van der Waals surface area contributed by atoms with Crippen molar-refractivity contribution in [3.63, 3.8) is 0 Å². The molecule has 0 aromatic heterocycles. The summed E-state index contributed by atoms with van der Waals surface area (Å²) in [5.74, 6) is 0.523. The van der Waals surface area contributed by atoms with Crippen molar-refractivity contribution < 1.29 is 27.5 Å². The molecule has 2 amide bonds. The number of sulfonamides is 1. The van der Waals surface area contributed by atoms with Crippen molar-refractivity contribution in [2.24, 2.45) is 0 Å². The molecule has 0 spiro atoms. The van der Waals surface area contributed by atoms with Gasteiger partial charge in [-0.15, -0.1) is 0 Å². The molecule has 1 atom stereocenters. The molecule has 2 aromatic carbocycles. The average Bonchev–Trinajstić information content (AvgIpc) is 3.29. The van der Waals surface area contributed by atoms with E-state index < -0.39 is 16.1 Å². The van der Waals surface area contributed by atoms with E-state index in [1.807, 2.05) is 19.1 Å². The molecule has 0 saturated carbocycles. The predicted octanol–water partition coefficient (Wildman–Crippen LogP) is 3.17. The number of rotatable bonds is 11. The summed E-state index contributed by atoms with van der Waals surface area (Å²) in [6.07, 6.45) is 1.88. The first-order valence-electron chi connectivity index (χ1n) is 11.3. The highest BCUT2D eigenvalue weighted by atomic mass is 35.5. The highest BCUT2D eigenvalue weighted by molar-refractivity contribution is 7.92. The number of ether oxygens (including phenoxy) is 2. The summed E-state index contributed by atoms with van der Waals surface area (Å²) in [5, 5.41) is 3.20. The van der Waals surface area contributed by atoms with Crippen LogP contribution in [0.25, 0.3) is 0 Å². The van der Waals surface area contributed by atoms with Crippen molar-refractivity contribution in [3.8, 4) is 11.5 Å². The Bertz CT molecular complexity index is 1160. The fourth-order valence-corrected chi connectivity index (χ4v) is 5.00. The van der Waals surface area contributed by atoms with Crippen LogP contribution in [0.15, 0.2) is 42.5 Å². The molecule has 1 aliphatic rings. The highest BCUT2D eigenvalue weighted by Gasteiger charge is 2.28. The number of anilines is 1. The number of fused-ring (bicyclic) bond motifs is 1. The highest BCUT2D eigenvalue weighted by Crippen LogP contribution is 2.36. The third-order valence-electron chi connectivity index (χ3n) is 5.69. The van der Waals surface area contributed by atoms with Crippen molar-refractivity contribution in [1.29, 1.82) is 0 Å². The van der Waals surface area contributed by atoms with Gasteiger partial charge >= 0.3 is 0 Å². The molecule has 0 bridgehead atoms. The number of likely N-dealkylation sites (N-methyl/N-ethyl adjacent to an activating group) is 1. The Morgan fingerprint density at radius 2 is 1.80 bits per heavy atom. The smallest absolute Gasteiger partial charge is 0.242 e. The quantitative estimate of drug-likeness (QED) is 0.485. The lowest BCUT2D eigenvalue weighted by atomic mass is 10.1. The van der Waals surface area contributed by atoms with Crippen LogP contribution in [0.4, 0.5) is 5.69 Å². The van der Waals surface area contributed by atoms with E-state index in [2.05, 4.69) is 5.32 Å². The van der Waals surface area contributed by atoms with Gasteiger partial charge in [-0.3, -0.25) is 13.9 Å². The van der Waals surface area contributed by atoms with Gasteiger partial charge in [0.15, 0.2) is 11.5 Å². The van der Waals surface area contributed by atoms with Gasteiger partial charge in [-0.1, -0.05) is 30.7 Å². The molecule has 2 aromatic rings. The molecular weight excluding hydrogens is 494 g/mol. The van der Waals surface area contributed by atoms with Gasteiger partial charge in [-0.25, -0.2) is 8.42 Å². The van der Waals surface area contributed by atoms with Gasteiger partial charge in [-0.2, -0.15) is 0 Å². The fourth-order valence-electron chi connectivity index (χ4n) is 3.92. The molecule has 0 radical (unpaired) electrons. The second kappa shape index (κ2) is 11.6. The monoisotopic (exact) mass is 523 g/mol. The number of amides is 2. The van der Waals surface area contributed by atoms with Crippen molar-refractivity contribution in [2.75, 3.05) is 30.9 Å². The first-order chi connectivity index (χ1) is 16.6. The number of benzene rings is 2. The Kier molecular flexibility index (Phi) is 8.85. The topological polar surface area (TPSA) is 105 Å². The molecule has 0 unspecified atom stereocenters. The van der Waals surface area contributed by atoms with Crippen LogP contribution in [0.1, 0.15) is 31.7 Å². The Balaban J connectivity index is 1.74. The molecule has 35 heavy (non-hydrogen) atoms. The van der Waals surface area contributed by atoms with E-state index in [4.69, 9.17) is 21.1 Å². The van der Waals surface area contributed by atoms with Crippen LogP contribution < -0.4 is 19.1 Å². The molecule has 1 aliphatic heterocycles. The SMILES string of the molecule is CC[C@@H](C(=O)NC)N(Cc1ccc(Cl)cc1)C(=O)CCCN(c1ccc2c(c1)OCO2)S(C)(=O)=O. The van der Waals surface area contributed by atoms with E-state index in [-0.39, 0.29) is 44.5 Å². The predicted molar refractivity (Wildman–Crippen MR) is 134 cm³/mol. The zero-order chi connectivity index (χ0) is 25.6. The van der Waals surface area contributed by atoms with Gasteiger partial charge in [0, 0.05) is 37.6 Å². The summed E-state index contributed by atoms with van der Waals surface area (Å²) in [4.78, 5) is 27.3. The minimum atomic E-state index is -3.61. The summed E-state index contributed by atoms with van der Waals surface area (Å²) in [7, 11) is -2.08. The molecule has 0 aliphatic carbocycles. The lowest BCUT2D eigenvalue weighted by Gasteiger charge is -2.30. The zero-order valence-corrected chi connectivity index (χ0v) is 21.6. The zero-order valence-electron chi connectivity index (χ0n) is 20.0. The molecule has 3 rings (SSSR count). The van der Waals surface area contributed by atoms with Crippen LogP contribution in [0.3, 0.4) is 0 Å². The number of nitrogens with one attached hydrogen (secondary N) is 1. The average molecular weight is 524 g/mol. The molecule has 1 N–H and O–H groups in total. The molecule has 190 valence electrons. The summed E-state index contributed by atoms with van der Waals surface area (Å²) in [5.41, 5.74) is 1.27. The van der Waals surface area contributed by atoms with Crippen LogP contribution in [0, 0.1) is 0 Å². The first-order valence-corrected chi connectivity index (χ1v) is 13.5. The van der Waals surface area contributed by atoms with E-state index >= 15 is 0 Å². The summed E-state index contributed by atoms with van der Waals surface area (Å²) in [6.45, 7) is 2.25. The van der Waals surface area contributed by atoms with Gasteiger partial charge in [0.2, 0.25) is 28.6 Å². The van der Waals surface area contributed by atoms with Gasteiger partial charge in [0.1, 0.15) is 6.04 Å². The normalized spacial score (nSPS) is 13.3. The van der Waals surface area contributed by atoms with Crippen molar-refractivity contribution >= 4 is 39.1 Å². The minimum Gasteiger partial charge on any atom is -0.454 e. The third kappa shape index (κ3) is 6.79. The van der Waals surface area contributed by atoms with Gasteiger partial charge in [0.05, 0.1) is 11.9 Å². The lowest BCUT2D eigenvalue weighted by Crippen LogP contribution is -2.48. The standard InChI is InChI=1S/C24H30ClN3O6S/c1-4-20(24(30)26-2)27(15-17-7-9-18(25)10-8-17)23(29)6-5-13-28(35(3,31)32)19-11-12-21-22(14-19)34-16-33-21/h7-12,14,20H,4-6,13,15-16H2,1-3H3,(H,26,30)/t20-/m0/s1. The van der Waals surface area contributed by atoms with E-state index in [1.54, 1.807) is 30.3 Å². The van der Waals surface area contributed by atoms with Gasteiger partial charge in [-0.05, 0) is 42.7 Å². The maximum atomic E-state index is 13.3. The fraction of sp³-hybridized carbons (Fsp3) is 0.417. The number of carbonyl (C=O) groups excluding carboxylic acids is 2. The Labute approximate surface area is 211 Å². The number of carbonyl (C=O) groups is 2. The Morgan fingerprint density at radius 1 is 1.11 bits per heavy atom. The number of halogens is 1. The van der Waals surface area contributed by atoms with Crippen LogP contribution in [0.2, 0.25) is 5.02 Å². The Hall–Kier alpha value is -2.98. The molecular formula is C24H30ClN3O6S. The van der Waals surface area contributed by atoms with Crippen LogP contribution in [-0.2, 0) is 26.2 Å². The lowest BCUT2D eigenvalue weighted by molar-refractivity contribution is -0.141. The summed E-state index contributed by atoms with van der Waals surface area (Å²) >= 11 is 5.98. The van der Waals surface area contributed by atoms with E-state index in [0.717, 1.165) is 11.8 Å². The first kappa shape index (κ1) is 26.6. The van der Waals surface area contributed by atoms with Gasteiger partial charge in [0.25, 0.3) is 0 Å². The van der Waals surface area contributed by atoms with E-state index in [9.17, 15) is 18.0 Å². The number of nitrogens with zero attached hydrogens (tertiary/aromatic N) is 2. The van der Waals surface area contributed by atoms with Crippen molar-refractivity contribution in [2.45, 2.75) is 38.8 Å². The molecule has 9 nitrogen and oxygen atoms in total. The van der Waals surface area contributed by atoms with Crippen LogP contribution >= 0.6 is 11.6 Å². The van der Waals surface area contributed by atoms with Crippen LogP contribution in [-0.4, -0.2) is 57.8 Å². The summed E-state index contributed by atoms with van der Waals surface area (Å²) in [6, 6.07) is 11.3. The maximum Gasteiger partial charge on any atom is 0.242 e. The van der Waals surface area contributed by atoms with Gasteiger partial charge < -0.3 is 19.7 Å². The minimum absolute atomic E-state index is 0.0671. The maximum absolute atomic E-state index is 13.3. The third-order valence-corrected chi connectivity index (χ3v) is 7.14. The van der Waals surface area contributed by atoms with Crippen molar-refractivity contribution in [1.82, 2.24) is 10.2 Å². The van der Waals surface area contributed by atoms with E-state index in [0.29, 0.717) is 28.6 Å². The molecule has 1 heterocycles. The van der Waals surface area contributed by atoms with Crippen LogP contribution in [0.5, 0.6) is 11.5 Å². The molecule has 0 fully saturated rings. The number of hydrogen-bond donors (Lipinski definition) is 1. The number of hydrogen-bond acceptors (Lipinski definition) is 6. The Morgan fingerprint density at radius 3 is 2.43 bits per heavy atom. The molecule has 0 saturated heterocycles. The second-order valence-electron chi connectivity index (χ2n) is 8.16. The largest absolute Gasteiger partial charge is 0.454 e.